The highest BCUT2D eigenvalue weighted by atomic mass is 32.2. The summed E-state index contributed by atoms with van der Waals surface area (Å²) in [4.78, 5) is 12.7. The lowest BCUT2D eigenvalue weighted by Gasteiger charge is -2.30. The molecule has 0 aliphatic carbocycles. The van der Waals surface area contributed by atoms with E-state index >= 15 is 0 Å². The molecule has 0 saturated carbocycles. The van der Waals surface area contributed by atoms with Gasteiger partial charge in [-0.2, -0.15) is 0 Å². The lowest BCUT2D eigenvalue weighted by Crippen LogP contribution is -2.50. The number of hydrogen-bond donors (Lipinski definition) is 1. The van der Waals surface area contributed by atoms with E-state index in [1.54, 1.807) is 19.1 Å². The van der Waals surface area contributed by atoms with Gasteiger partial charge in [0.05, 0.1) is 18.5 Å². The van der Waals surface area contributed by atoms with Crippen molar-refractivity contribution in [1.29, 1.82) is 0 Å². The highest BCUT2D eigenvalue weighted by molar-refractivity contribution is 7.92. The summed E-state index contributed by atoms with van der Waals surface area (Å²) in [5, 5.41) is 2.80. The lowest BCUT2D eigenvalue weighted by atomic mass is 10.1. The topological polar surface area (TPSA) is 75.7 Å². The number of benzene rings is 2. The molecular weight excluding hydrogens is 388 g/mol. The van der Waals surface area contributed by atoms with Gasteiger partial charge in [-0.1, -0.05) is 30.7 Å². The Morgan fingerprint density at radius 2 is 1.62 bits per heavy atom. The molecule has 0 fully saturated rings. The van der Waals surface area contributed by atoms with Crippen LogP contribution < -0.4 is 14.4 Å². The summed E-state index contributed by atoms with van der Waals surface area (Å²) in [6, 6.07) is 12.2. The molecule has 0 bridgehead atoms. The average Bonchev–Trinajstić information content (AvgIpc) is 2.62. The Kier molecular flexibility index (Phi) is 7.67. The Morgan fingerprint density at radius 1 is 1.03 bits per heavy atom. The maximum atomic E-state index is 12.7. The second-order valence-electron chi connectivity index (χ2n) is 7.28. The summed E-state index contributed by atoms with van der Waals surface area (Å²) in [6.07, 6.45) is 1.47. The van der Waals surface area contributed by atoms with Crippen molar-refractivity contribution in [3.63, 3.8) is 0 Å². The largest absolute Gasteiger partial charge is 0.492 e. The van der Waals surface area contributed by atoms with Crippen molar-refractivity contribution in [3.8, 4) is 5.75 Å². The van der Waals surface area contributed by atoms with E-state index in [2.05, 4.69) is 11.4 Å². The molecule has 2 aromatic rings. The highest BCUT2D eigenvalue weighted by Gasteiger charge is 2.31. The smallest absolute Gasteiger partial charge is 0.244 e. The Labute approximate surface area is 173 Å². The van der Waals surface area contributed by atoms with Crippen LogP contribution in [0.2, 0.25) is 0 Å². The molecule has 158 valence electrons. The van der Waals surface area contributed by atoms with Gasteiger partial charge in [0.2, 0.25) is 15.9 Å². The minimum absolute atomic E-state index is 0.286. The molecule has 0 radical (unpaired) electrons. The summed E-state index contributed by atoms with van der Waals surface area (Å²) in [7, 11) is -3.63. The van der Waals surface area contributed by atoms with Gasteiger partial charge in [-0.05, 0) is 62.6 Å². The van der Waals surface area contributed by atoms with Gasteiger partial charge < -0.3 is 10.1 Å². The molecule has 0 unspecified atom stereocenters. The molecule has 0 spiro atoms. The molecule has 6 nitrogen and oxygen atoms in total. The number of rotatable bonds is 9. The number of nitrogens with zero attached hydrogens (tertiary/aromatic N) is 1. The third-order valence-corrected chi connectivity index (χ3v) is 5.66. The maximum absolute atomic E-state index is 12.7. The number of carbonyl (C=O) groups excluding carboxylic acids is 1. The van der Waals surface area contributed by atoms with Gasteiger partial charge in [0, 0.05) is 0 Å². The van der Waals surface area contributed by atoms with Crippen LogP contribution in [-0.2, 0) is 14.8 Å². The van der Waals surface area contributed by atoms with Crippen molar-refractivity contribution < 1.29 is 17.9 Å². The molecule has 0 saturated heterocycles. The Bertz CT molecular complexity index is 920. The zero-order chi connectivity index (χ0) is 21.6. The normalized spacial score (nSPS) is 12.3. The van der Waals surface area contributed by atoms with Gasteiger partial charge in [0.1, 0.15) is 18.4 Å². The Hall–Kier alpha value is -2.54. The van der Waals surface area contributed by atoms with Crippen LogP contribution in [-0.4, -0.2) is 39.8 Å². The number of aryl methyl sites for hydroxylation is 3. The van der Waals surface area contributed by atoms with Gasteiger partial charge >= 0.3 is 0 Å². The van der Waals surface area contributed by atoms with E-state index in [0.29, 0.717) is 18.7 Å². The molecule has 29 heavy (non-hydrogen) atoms. The molecule has 1 amide bonds. The van der Waals surface area contributed by atoms with Crippen molar-refractivity contribution in [3.05, 3.63) is 59.2 Å². The summed E-state index contributed by atoms with van der Waals surface area (Å²) >= 11 is 0. The van der Waals surface area contributed by atoms with Gasteiger partial charge in [0.15, 0.2) is 0 Å². The fraction of sp³-hybridized carbons (Fsp3) is 0.409. The van der Waals surface area contributed by atoms with Gasteiger partial charge in [0.25, 0.3) is 0 Å². The summed E-state index contributed by atoms with van der Waals surface area (Å²) in [5.41, 5.74) is 3.71. The second kappa shape index (κ2) is 9.78. The molecule has 1 atom stereocenters. The summed E-state index contributed by atoms with van der Waals surface area (Å²) < 4.78 is 31.7. The molecule has 0 aromatic heterocycles. The van der Waals surface area contributed by atoms with E-state index in [0.717, 1.165) is 28.7 Å². The van der Waals surface area contributed by atoms with E-state index in [4.69, 9.17) is 4.74 Å². The average molecular weight is 419 g/mol. The van der Waals surface area contributed by atoms with Gasteiger partial charge in [-0.25, -0.2) is 8.42 Å². The van der Waals surface area contributed by atoms with Crippen LogP contribution in [0.25, 0.3) is 0 Å². The first kappa shape index (κ1) is 22.7. The van der Waals surface area contributed by atoms with Crippen molar-refractivity contribution in [1.82, 2.24) is 5.32 Å². The SMILES string of the molecule is CC[C@H](C(=O)NCCOc1cc(C)cc(C)c1)N(c1ccc(C)cc1)S(C)(=O)=O. The maximum Gasteiger partial charge on any atom is 0.244 e. The number of nitrogens with one attached hydrogen (secondary N) is 1. The van der Waals surface area contributed by atoms with Crippen LogP contribution in [0.4, 0.5) is 5.69 Å². The molecule has 1 N–H and O–H groups in total. The Morgan fingerprint density at radius 3 is 2.14 bits per heavy atom. The number of anilines is 1. The monoisotopic (exact) mass is 418 g/mol. The standard InChI is InChI=1S/C22H30N2O4S/c1-6-21(24(29(5,26)27)19-9-7-16(2)8-10-19)22(25)23-11-12-28-20-14-17(3)13-18(4)15-20/h7-10,13-15,21H,6,11-12H2,1-5H3,(H,23,25)/t21-/m1/s1. The van der Waals surface area contributed by atoms with E-state index in [1.807, 2.05) is 45.0 Å². The zero-order valence-electron chi connectivity index (χ0n) is 17.7. The van der Waals surface area contributed by atoms with Crippen LogP contribution in [0.15, 0.2) is 42.5 Å². The number of hydrogen-bond acceptors (Lipinski definition) is 4. The van der Waals surface area contributed by atoms with E-state index < -0.39 is 16.1 Å². The molecular formula is C22H30N2O4S. The summed E-state index contributed by atoms with van der Waals surface area (Å²) in [5.74, 6) is 0.406. The minimum atomic E-state index is -3.63. The van der Waals surface area contributed by atoms with Gasteiger partial charge in [-0.15, -0.1) is 0 Å². The quantitative estimate of drug-likeness (QED) is 0.634. The first-order valence-corrected chi connectivity index (χ1v) is 11.5. The fourth-order valence-corrected chi connectivity index (χ4v) is 4.44. The molecule has 7 heteroatoms. The predicted octanol–water partition coefficient (Wildman–Crippen LogP) is 3.35. The number of carbonyl (C=O) groups is 1. The van der Waals surface area contributed by atoms with Crippen LogP contribution in [0.3, 0.4) is 0 Å². The zero-order valence-corrected chi connectivity index (χ0v) is 18.5. The van der Waals surface area contributed by atoms with Gasteiger partial charge in [-0.3, -0.25) is 9.10 Å². The third kappa shape index (κ3) is 6.49. The van der Waals surface area contributed by atoms with Crippen LogP contribution in [0.1, 0.15) is 30.0 Å². The third-order valence-electron chi connectivity index (χ3n) is 4.48. The predicted molar refractivity (Wildman–Crippen MR) is 117 cm³/mol. The molecule has 0 heterocycles. The number of ether oxygens (including phenoxy) is 1. The number of sulfonamides is 1. The summed E-state index contributed by atoms with van der Waals surface area (Å²) in [6.45, 7) is 8.30. The second-order valence-corrected chi connectivity index (χ2v) is 9.14. The molecule has 0 aliphatic rings. The first-order valence-electron chi connectivity index (χ1n) is 9.66. The highest BCUT2D eigenvalue weighted by Crippen LogP contribution is 2.23. The fourth-order valence-electron chi connectivity index (χ4n) is 3.23. The molecule has 2 rings (SSSR count). The van der Waals surface area contributed by atoms with E-state index in [1.165, 1.54) is 4.31 Å². The van der Waals surface area contributed by atoms with Crippen molar-refractivity contribution in [2.24, 2.45) is 0 Å². The Balaban J connectivity index is 2.04. The van der Waals surface area contributed by atoms with E-state index in [-0.39, 0.29) is 12.5 Å². The van der Waals surface area contributed by atoms with Crippen LogP contribution in [0, 0.1) is 20.8 Å². The lowest BCUT2D eigenvalue weighted by molar-refractivity contribution is -0.122. The van der Waals surface area contributed by atoms with Crippen molar-refractivity contribution in [2.75, 3.05) is 23.7 Å². The van der Waals surface area contributed by atoms with E-state index in [9.17, 15) is 13.2 Å². The van der Waals surface area contributed by atoms with Crippen molar-refractivity contribution in [2.45, 2.75) is 40.2 Å². The number of amides is 1. The minimum Gasteiger partial charge on any atom is -0.492 e. The first-order chi connectivity index (χ1) is 13.6. The van der Waals surface area contributed by atoms with Crippen LogP contribution in [0.5, 0.6) is 5.75 Å². The van der Waals surface area contributed by atoms with Crippen molar-refractivity contribution >= 4 is 21.6 Å². The molecule has 0 aliphatic heterocycles. The van der Waals surface area contributed by atoms with Crippen LogP contribution >= 0.6 is 0 Å². The molecule has 2 aromatic carbocycles.